The summed E-state index contributed by atoms with van der Waals surface area (Å²) < 4.78 is 1.01. The van der Waals surface area contributed by atoms with Gasteiger partial charge in [0, 0.05) is 10.2 Å². The largest absolute Gasteiger partial charge is 0.398 e. The van der Waals surface area contributed by atoms with Crippen LogP contribution in [0.2, 0.25) is 0 Å². The standard InChI is InChI=1S/C14H16BrN3/c1-9(11-5-3-4-6-13(11)16)17-14-8-7-12(15)10(2)18-14/h3-9H,16H2,1-2H3,(H,17,18). The molecule has 0 amide bonds. The van der Waals surface area contributed by atoms with Crippen LogP contribution < -0.4 is 11.1 Å². The molecule has 18 heavy (non-hydrogen) atoms. The zero-order valence-corrected chi connectivity index (χ0v) is 12.0. The number of hydrogen-bond acceptors (Lipinski definition) is 3. The molecule has 3 nitrogen and oxygen atoms in total. The van der Waals surface area contributed by atoms with Crippen molar-refractivity contribution in [2.24, 2.45) is 0 Å². The first-order chi connectivity index (χ1) is 8.58. The van der Waals surface area contributed by atoms with Crippen LogP contribution >= 0.6 is 15.9 Å². The maximum atomic E-state index is 5.96. The van der Waals surface area contributed by atoms with Gasteiger partial charge in [-0.3, -0.25) is 0 Å². The summed E-state index contributed by atoms with van der Waals surface area (Å²) in [5, 5.41) is 3.36. The Balaban J connectivity index is 2.19. The van der Waals surface area contributed by atoms with Crippen LogP contribution in [0.15, 0.2) is 40.9 Å². The number of nitrogens with one attached hydrogen (secondary N) is 1. The fourth-order valence-corrected chi connectivity index (χ4v) is 2.05. The van der Waals surface area contributed by atoms with Crippen LogP contribution in [-0.4, -0.2) is 4.98 Å². The van der Waals surface area contributed by atoms with Gasteiger partial charge in [-0.05, 0) is 53.5 Å². The number of hydrogen-bond donors (Lipinski definition) is 2. The Hall–Kier alpha value is -1.55. The third kappa shape index (κ3) is 2.82. The van der Waals surface area contributed by atoms with Gasteiger partial charge in [0.15, 0.2) is 0 Å². The summed E-state index contributed by atoms with van der Waals surface area (Å²) in [6, 6.07) is 11.9. The zero-order chi connectivity index (χ0) is 13.1. The second kappa shape index (κ2) is 5.40. The summed E-state index contributed by atoms with van der Waals surface area (Å²) in [4.78, 5) is 4.47. The molecule has 0 aliphatic carbocycles. The molecule has 4 heteroatoms. The van der Waals surface area contributed by atoms with Gasteiger partial charge in [-0.1, -0.05) is 18.2 Å². The molecule has 3 N–H and O–H groups in total. The number of aromatic nitrogens is 1. The normalized spacial score (nSPS) is 12.2. The first-order valence-corrected chi connectivity index (χ1v) is 6.61. The maximum Gasteiger partial charge on any atom is 0.126 e. The number of anilines is 2. The first-order valence-electron chi connectivity index (χ1n) is 5.82. The molecule has 1 aromatic carbocycles. The number of aryl methyl sites for hydroxylation is 1. The lowest BCUT2D eigenvalue weighted by Crippen LogP contribution is -2.10. The summed E-state index contributed by atoms with van der Waals surface area (Å²) in [6.45, 7) is 4.04. The predicted molar refractivity (Wildman–Crippen MR) is 79.6 cm³/mol. The average Bonchev–Trinajstić information content (AvgIpc) is 2.34. The van der Waals surface area contributed by atoms with E-state index in [9.17, 15) is 0 Å². The zero-order valence-electron chi connectivity index (χ0n) is 10.4. The fourth-order valence-electron chi connectivity index (χ4n) is 1.83. The summed E-state index contributed by atoms with van der Waals surface area (Å²) >= 11 is 3.44. The molecule has 2 aromatic rings. The number of nitrogens with two attached hydrogens (primary N) is 1. The van der Waals surface area contributed by atoms with Gasteiger partial charge >= 0.3 is 0 Å². The van der Waals surface area contributed by atoms with Crippen molar-refractivity contribution >= 4 is 27.4 Å². The van der Waals surface area contributed by atoms with E-state index in [0.717, 1.165) is 27.2 Å². The highest BCUT2D eigenvalue weighted by atomic mass is 79.9. The van der Waals surface area contributed by atoms with Gasteiger partial charge in [-0.25, -0.2) is 4.98 Å². The summed E-state index contributed by atoms with van der Waals surface area (Å²) in [5.74, 6) is 0.853. The number of para-hydroxylation sites is 1. The first kappa shape index (κ1) is 12.9. The molecule has 0 bridgehead atoms. The summed E-state index contributed by atoms with van der Waals surface area (Å²) in [5.41, 5.74) is 8.81. The predicted octanol–water partition coefficient (Wildman–Crippen LogP) is 3.91. The Morgan fingerprint density at radius 2 is 1.94 bits per heavy atom. The topological polar surface area (TPSA) is 50.9 Å². The molecule has 1 unspecified atom stereocenters. The van der Waals surface area contributed by atoms with Crippen molar-refractivity contribution in [2.75, 3.05) is 11.1 Å². The Bertz CT molecular complexity index is 554. The van der Waals surface area contributed by atoms with Gasteiger partial charge in [0.25, 0.3) is 0 Å². The third-order valence-electron chi connectivity index (χ3n) is 2.85. The number of pyridine rings is 1. The van der Waals surface area contributed by atoms with Crippen molar-refractivity contribution in [2.45, 2.75) is 19.9 Å². The van der Waals surface area contributed by atoms with Gasteiger partial charge in [0.05, 0.1) is 11.7 Å². The van der Waals surface area contributed by atoms with Crippen LogP contribution in [0.3, 0.4) is 0 Å². The van der Waals surface area contributed by atoms with Crippen molar-refractivity contribution in [3.63, 3.8) is 0 Å². The van der Waals surface area contributed by atoms with E-state index in [1.54, 1.807) is 0 Å². The highest BCUT2D eigenvalue weighted by Gasteiger charge is 2.09. The lowest BCUT2D eigenvalue weighted by molar-refractivity contribution is 0.875. The molecule has 94 valence electrons. The summed E-state index contributed by atoms with van der Waals surface area (Å²) in [6.07, 6.45) is 0. The molecule has 0 saturated heterocycles. The highest BCUT2D eigenvalue weighted by Crippen LogP contribution is 2.24. The quantitative estimate of drug-likeness (QED) is 0.845. The minimum Gasteiger partial charge on any atom is -0.398 e. The lowest BCUT2D eigenvalue weighted by Gasteiger charge is -2.17. The van der Waals surface area contributed by atoms with Crippen molar-refractivity contribution in [1.29, 1.82) is 0 Å². The summed E-state index contributed by atoms with van der Waals surface area (Å²) in [7, 11) is 0. The van der Waals surface area contributed by atoms with Crippen LogP contribution in [0.5, 0.6) is 0 Å². The maximum absolute atomic E-state index is 5.96. The molecular weight excluding hydrogens is 290 g/mol. The molecule has 1 heterocycles. The van der Waals surface area contributed by atoms with Crippen molar-refractivity contribution in [3.05, 3.63) is 52.1 Å². The van der Waals surface area contributed by atoms with E-state index in [4.69, 9.17) is 5.73 Å². The van der Waals surface area contributed by atoms with E-state index in [1.807, 2.05) is 43.3 Å². The Labute approximate surface area is 116 Å². The Morgan fingerprint density at radius 1 is 1.22 bits per heavy atom. The number of nitrogen functional groups attached to an aromatic ring is 1. The highest BCUT2D eigenvalue weighted by molar-refractivity contribution is 9.10. The van der Waals surface area contributed by atoms with E-state index in [2.05, 4.69) is 33.2 Å². The molecular formula is C14H16BrN3. The van der Waals surface area contributed by atoms with E-state index < -0.39 is 0 Å². The number of benzene rings is 1. The number of halogens is 1. The molecule has 2 rings (SSSR count). The minimum absolute atomic E-state index is 0.124. The molecule has 0 aliphatic heterocycles. The molecule has 1 atom stereocenters. The SMILES string of the molecule is Cc1nc(NC(C)c2ccccc2N)ccc1Br. The molecule has 0 fully saturated rings. The van der Waals surface area contributed by atoms with Crippen molar-refractivity contribution < 1.29 is 0 Å². The van der Waals surface area contributed by atoms with Gasteiger partial charge in [0.2, 0.25) is 0 Å². The molecule has 0 saturated carbocycles. The molecule has 0 aliphatic rings. The van der Waals surface area contributed by atoms with E-state index in [-0.39, 0.29) is 6.04 Å². The smallest absolute Gasteiger partial charge is 0.126 e. The monoisotopic (exact) mass is 305 g/mol. The van der Waals surface area contributed by atoms with Crippen molar-refractivity contribution in [1.82, 2.24) is 4.98 Å². The Morgan fingerprint density at radius 3 is 2.61 bits per heavy atom. The van der Waals surface area contributed by atoms with Crippen molar-refractivity contribution in [3.8, 4) is 0 Å². The van der Waals surface area contributed by atoms with E-state index in [0.29, 0.717) is 0 Å². The third-order valence-corrected chi connectivity index (χ3v) is 3.69. The van der Waals surface area contributed by atoms with Gasteiger partial charge in [0.1, 0.15) is 5.82 Å². The lowest BCUT2D eigenvalue weighted by atomic mass is 10.1. The van der Waals surface area contributed by atoms with Crippen LogP contribution in [0.1, 0.15) is 24.2 Å². The van der Waals surface area contributed by atoms with E-state index >= 15 is 0 Å². The molecule has 1 aromatic heterocycles. The second-order valence-electron chi connectivity index (χ2n) is 4.26. The van der Waals surface area contributed by atoms with Crippen LogP contribution in [0.25, 0.3) is 0 Å². The fraction of sp³-hybridized carbons (Fsp3) is 0.214. The number of rotatable bonds is 3. The van der Waals surface area contributed by atoms with Gasteiger partial charge in [-0.2, -0.15) is 0 Å². The minimum atomic E-state index is 0.124. The van der Waals surface area contributed by atoms with Crippen LogP contribution in [-0.2, 0) is 0 Å². The van der Waals surface area contributed by atoms with Crippen LogP contribution in [0, 0.1) is 6.92 Å². The molecule has 0 radical (unpaired) electrons. The average molecular weight is 306 g/mol. The molecule has 0 spiro atoms. The van der Waals surface area contributed by atoms with Gasteiger partial charge < -0.3 is 11.1 Å². The van der Waals surface area contributed by atoms with Crippen LogP contribution in [0.4, 0.5) is 11.5 Å². The number of nitrogens with zero attached hydrogens (tertiary/aromatic N) is 1. The van der Waals surface area contributed by atoms with E-state index in [1.165, 1.54) is 0 Å². The van der Waals surface area contributed by atoms with Gasteiger partial charge in [-0.15, -0.1) is 0 Å². The second-order valence-corrected chi connectivity index (χ2v) is 5.11. The Kier molecular flexibility index (Phi) is 3.87.